The van der Waals surface area contributed by atoms with Crippen LogP contribution in [-0.4, -0.2) is 42.5 Å². The summed E-state index contributed by atoms with van der Waals surface area (Å²) < 4.78 is 60.1. The highest BCUT2D eigenvalue weighted by atomic mass is 32.2. The van der Waals surface area contributed by atoms with Crippen molar-refractivity contribution in [3.8, 4) is 5.75 Å². The molecule has 0 saturated carbocycles. The van der Waals surface area contributed by atoms with Gasteiger partial charge in [0.05, 0.1) is 17.6 Å². The highest BCUT2D eigenvalue weighted by Crippen LogP contribution is 2.38. The summed E-state index contributed by atoms with van der Waals surface area (Å²) >= 11 is 0. The average molecular weight is 492 g/mol. The van der Waals surface area contributed by atoms with Crippen molar-refractivity contribution < 1.29 is 26.7 Å². The molecule has 2 aromatic carbocycles. The Labute approximate surface area is 195 Å². The predicted octanol–water partition coefficient (Wildman–Crippen LogP) is 3.01. The molecule has 3 aromatic rings. The largest absolute Gasteiger partial charge is 0.497 e. The number of nitrogens with two attached hydrogens (primary N) is 1. The maximum Gasteiger partial charge on any atom is 0.258 e. The highest BCUT2D eigenvalue weighted by Gasteiger charge is 2.41. The van der Waals surface area contributed by atoms with Crippen molar-refractivity contribution in [1.82, 2.24) is 14.5 Å². The molecule has 4 N–H and O–H groups in total. The monoisotopic (exact) mass is 491 g/mol. The van der Waals surface area contributed by atoms with Gasteiger partial charge < -0.3 is 15.8 Å². The van der Waals surface area contributed by atoms with E-state index in [0.717, 1.165) is 16.4 Å². The van der Waals surface area contributed by atoms with Gasteiger partial charge in [-0.1, -0.05) is 13.8 Å². The Bertz CT molecular complexity index is 1370. The van der Waals surface area contributed by atoms with Crippen LogP contribution in [0, 0.1) is 11.6 Å². The van der Waals surface area contributed by atoms with E-state index in [-0.39, 0.29) is 30.2 Å². The first-order chi connectivity index (χ1) is 15.9. The topological polar surface area (TPSA) is 130 Å². The van der Waals surface area contributed by atoms with E-state index in [1.165, 1.54) is 19.2 Å². The number of amides is 1. The standard InChI is InChI=1S/C22H23F2N5O4S/c1-22(2)11-29(34(31,32)15-7-12(23)6-13(24)8-15)10-17-19(22)27-28-20(17)26-21(30)16-5-4-14(33-3)9-18(16)25/h4-9H,10-11,25H2,1-3H3,(H2,26,27,28,30). The number of methoxy groups -OCH3 is 1. The van der Waals surface area contributed by atoms with E-state index in [0.29, 0.717) is 23.1 Å². The summed E-state index contributed by atoms with van der Waals surface area (Å²) in [5.74, 6) is -1.91. The molecule has 0 unspecified atom stereocenters. The minimum absolute atomic E-state index is 0.0292. The number of halogens is 2. The number of carbonyl (C=O) groups excluding carboxylic acids is 1. The maximum atomic E-state index is 13.7. The molecule has 0 atom stereocenters. The molecular formula is C22H23F2N5O4S. The maximum absolute atomic E-state index is 13.7. The van der Waals surface area contributed by atoms with Crippen LogP contribution in [-0.2, 0) is 22.0 Å². The number of nitrogen functional groups attached to an aromatic ring is 1. The van der Waals surface area contributed by atoms with Gasteiger partial charge in [0.25, 0.3) is 5.91 Å². The number of benzene rings is 2. The molecule has 0 bridgehead atoms. The molecule has 4 rings (SSSR count). The van der Waals surface area contributed by atoms with Crippen LogP contribution in [0.2, 0.25) is 0 Å². The SMILES string of the molecule is COc1ccc(C(=O)Nc2n[nH]c3c2CN(S(=O)(=O)c2cc(F)cc(F)c2)CC3(C)C)c(N)c1. The third-order valence-corrected chi connectivity index (χ3v) is 7.43. The molecule has 0 aliphatic carbocycles. The van der Waals surface area contributed by atoms with Crippen molar-refractivity contribution in [2.45, 2.75) is 30.7 Å². The zero-order valence-electron chi connectivity index (χ0n) is 18.6. The van der Waals surface area contributed by atoms with Gasteiger partial charge in [0, 0.05) is 47.6 Å². The van der Waals surface area contributed by atoms with E-state index in [2.05, 4.69) is 15.5 Å². The average Bonchev–Trinajstić information content (AvgIpc) is 3.16. The van der Waals surface area contributed by atoms with Gasteiger partial charge in [-0.15, -0.1) is 0 Å². The number of fused-ring (bicyclic) bond motifs is 1. The Hall–Kier alpha value is -3.51. The van der Waals surface area contributed by atoms with Crippen LogP contribution < -0.4 is 15.8 Å². The molecular weight excluding hydrogens is 468 g/mol. The first-order valence-electron chi connectivity index (χ1n) is 10.2. The number of carbonyl (C=O) groups is 1. The molecule has 0 fully saturated rings. The van der Waals surface area contributed by atoms with Crippen molar-refractivity contribution in [3.63, 3.8) is 0 Å². The van der Waals surface area contributed by atoms with Gasteiger partial charge in [-0.25, -0.2) is 17.2 Å². The van der Waals surface area contributed by atoms with Gasteiger partial charge in [0.2, 0.25) is 10.0 Å². The molecule has 12 heteroatoms. The summed E-state index contributed by atoms with van der Waals surface area (Å²) in [5, 5.41) is 9.72. The summed E-state index contributed by atoms with van der Waals surface area (Å²) in [7, 11) is -2.77. The number of hydrogen-bond donors (Lipinski definition) is 3. The molecule has 0 saturated heterocycles. The Morgan fingerprint density at radius 1 is 1.21 bits per heavy atom. The minimum atomic E-state index is -4.25. The van der Waals surface area contributed by atoms with E-state index < -0.39 is 37.9 Å². The lowest BCUT2D eigenvalue weighted by molar-refractivity contribution is 0.102. The van der Waals surface area contributed by atoms with Crippen molar-refractivity contribution >= 4 is 27.4 Å². The van der Waals surface area contributed by atoms with Crippen LogP contribution in [0.15, 0.2) is 41.3 Å². The molecule has 0 radical (unpaired) electrons. The molecule has 180 valence electrons. The fourth-order valence-electron chi connectivity index (χ4n) is 3.98. The number of hydrogen-bond acceptors (Lipinski definition) is 6. The van der Waals surface area contributed by atoms with Crippen LogP contribution in [0.3, 0.4) is 0 Å². The number of nitrogens with zero attached hydrogens (tertiary/aromatic N) is 2. The first kappa shape index (κ1) is 23.6. The number of aromatic amines is 1. The summed E-state index contributed by atoms with van der Waals surface area (Å²) in [6.07, 6.45) is 0. The van der Waals surface area contributed by atoms with Crippen LogP contribution in [0.5, 0.6) is 5.75 Å². The summed E-state index contributed by atoms with van der Waals surface area (Å²) in [6, 6.07) is 6.73. The lowest BCUT2D eigenvalue weighted by Gasteiger charge is -2.36. The molecule has 1 aliphatic heterocycles. The third kappa shape index (κ3) is 4.21. The van der Waals surface area contributed by atoms with Crippen molar-refractivity contribution in [2.75, 3.05) is 24.7 Å². The van der Waals surface area contributed by atoms with Gasteiger partial charge >= 0.3 is 0 Å². The van der Waals surface area contributed by atoms with Gasteiger partial charge in [-0.2, -0.15) is 9.40 Å². The zero-order chi connectivity index (χ0) is 24.8. The summed E-state index contributed by atoms with van der Waals surface area (Å²) in [6.45, 7) is 3.46. The van der Waals surface area contributed by atoms with E-state index >= 15 is 0 Å². The minimum Gasteiger partial charge on any atom is -0.497 e. The second kappa shape index (κ2) is 8.37. The van der Waals surface area contributed by atoms with E-state index in [9.17, 15) is 22.0 Å². The molecule has 1 aromatic heterocycles. The van der Waals surface area contributed by atoms with Crippen LogP contribution in [0.4, 0.5) is 20.3 Å². The molecule has 1 aliphatic rings. The summed E-state index contributed by atoms with van der Waals surface area (Å²) in [5.41, 5.74) is 6.69. The second-order valence-corrected chi connectivity index (χ2v) is 10.5. The zero-order valence-corrected chi connectivity index (χ0v) is 19.5. The fourth-order valence-corrected chi connectivity index (χ4v) is 5.59. The predicted molar refractivity (Wildman–Crippen MR) is 121 cm³/mol. The third-order valence-electron chi connectivity index (χ3n) is 5.66. The lowest BCUT2D eigenvalue weighted by Crippen LogP contribution is -2.45. The first-order valence-corrected chi connectivity index (χ1v) is 11.7. The van der Waals surface area contributed by atoms with Gasteiger partial charge in [-0.3, -0.25) is 9.89 Å². The molecule has 2 heterocycles. The van der Waals surface area contributed by atoms with Crippen molar-refractivity contribution in [3.05, 3.63) is 64.9 Å². The number of aromatic nitrogens is 2. The Morgan fingerprint density at radius 2 is 1.88 bits per heavy atom. The van der Waals surface area contributed by atoms with Gasteiger partial charge in [0.15, 0.2) is 5.82 Å². The van der Waals surface area contributed by atoms with E-state index in [4.69, 9.17) is 10.5 Å². The number of ether oxygens (including phenoxy) is 1. The normalized spacial score (nSPS) is 15.6. The Kier molecular flexibility index (Phi) is 5.82. The Morgan fingerprint density at radius 3 is 2.50 bits per heavy atom. The molecule has 1 amide bonds. The van der Waals surface area contributed by atoms with Crippen molar-refractivity contribution in [2.24, 2.45) is 0 Å². The van der Waals surface area contributed by atoms with E-state index in [1.54, 1.807) is 19.9 Å². The molecule has 9 nitrogen and oxygen atoms in total. The fraction of sp³-hybridized carbons (Fsp3) is 0.273. The quantitative estimate of drug-likeness (QED) is 0.471. The van der Waals surface area contributed by atoms with Crippen LogP contribution >= 0.6 is 0 Å². The Balaban J connectivity index is 1.67. The number of anilines is 2. The number of sulfonamides is 1. The molecule has 34 heavy (non-hydrogen) atoms. The van der Waals surface area contributed by atoms with Gasteiger partial charge in [0.1, 0.15) is 17.4 Å². The lowest BCUT2D eigenvalue weighted by atomic mass is 9.84. The van der Waals surface area contributed by atoms with Crippen molar-refractivity contribution in [1.29, 1.82) is 0 Å². The van der Waals surface area contributed by atoms with Crippen LogP contribution in [0.25, 0.3) is 0 Å². The van der Waals surface area contributed by atoms with Crippen LogP contribution in [0.1, 0.15) is 35.5 Å². The van der Waals surface area contributed by atoms with Gasteiger partial charge in [-0.05, 0) is 24.3 Å². The number of H-pyrrole nitrogens is 1. The van der Waals surface area contributed by atoms with E-state index in [1.807, 2.05) is 0 Å². The molecule has 0 spiro atoms. The highest BCUT2D eigenvalue weighted by molar-refractivity contribution is 7.89. The smallest absolute Gasteiger partial charge is 0.258 e. The number of rotatable bonds is 5. The second-order valence-electron chi connectivity index (χ2n) is 8.60. The summed E-state index contributed by atoms with van der Waals surface area (Å²) in [4.78, 5) is 12.4. The number of nitrogens with one attached hydrogen (secondary N) is 2.